The normalized spacial score (nSPS) is 42.1. The van der Waals surface area contributed by atoms with Crippen molar-refractivity contribution in [3.63, 3.8) is 0 Å². The molecule has 1 heterocycles. The van der Waals surface area contributed by atoms with Gasteiger partial charge in [-0.2, -0.15) is 0 Å². The van der Waals surface area contributed by atoms with Crippen LogP contribution in [0, 0.1) is 23.7 Å². The molecule has 0 radical (unpaired) electrons. The third kappa shape index (κ3) is 5.24. The van der Waals surface area contributed by atoms with E-state index in [1.807, 2.05) is 0 Å². The van der Waals surface area contributed by atoms with Crippen LogP contribution in [0.1, 0.15) is 54.4 Å². The Bertz CT molecular complexity index is 565. The number of rotatable bonds is 1. The Morgan fingerprint density at radius 3 is 2.31 bits per heavy atom. The van der Waals surface area contributed by atoms with Crippen LogP contribution in [0.5, 0.6) is 0 Å². The van der Waals surface area contributed by atoms with Crippen LogP contribution < -0.4 is 0 Å². The molecule has 0 aliphatic carbocycles. The fraction of sp³-hybridized carbons (Fsp3) is 0.750. The Balaban J connectivity index is 3.27. The Kier molecular flexibility index (Phi) is 7.71. The van der Waals surface area contributed by atoms with Gasteiger partial charge in [0.25, 0.3) is 0 Å². The van der Waals surface area contributed by atoms with Crippen LogP contribution >= 0.6 is 0 Å². The first kappa shape index (κ1) is 22.5. The molecule has 6 heteroatoms. The summed E-state index contributed by atoms with van der Waals surface area (Å²) in [5, 5.41) is 21.1. The average molecular weight is 368 g/mol. The summed E-state index contributed by atoms with van der Waals surface area (Å²) in [4.78, 5) is 37.3. The molecule has 1 aliphatic rings. The Morgan fingerprint density at radius 2 is 1.77 bits per heavy atom. The molecule has 0 saturated heterocycles. The molecule has 6 nitrogen and oxygen atoms in total. The summed E-state index contributed by atoms with van der Waals surface area (Å²) in [6, 6.07) is 0. The van der Waals surface area contributed by atoms with Crippen molar-refractivity contribution >= 4 is 17.5 Å². The van der Waals surface area contributed by atoms with E-state index in [0.717, 1.165) is 0 Å². The molecule has 0 aromatic carbocycles. The van der Waals surface area contributed by atoms with E-state index in [1.54, 1.807) is 27.7 Å². The number of aliphatic hydroxyl groups is 2. The highest BCUT2D eigenvalue weighted by molar-refractivity contribution is 6.00. The maximum Gasteiger partial charge on any atom is 0.316 e. The van der Waals surface area contributed by atoms with E-state index in [1.165, 1.54) is 26.0 Å². The van der Waals surface area contributed by atoms with E-state index in [0.29, 0.717) is 12.8 Å². The minimum Gasteiger partial charge on any atom is -0.458 e. The van der Waals surface area contributed by atoms with Crippen molar-refractivity contribution in [2.45, 2.75) is 72.2 Å². The predicted molar refractivity (Wildman–Crippen MR) is 97.2 cm³/mol. The highest BCUT2D eigenvalue weighted by Gasteiger charge is 2.38. The summed E-state index contributed by atoms with van der Waals surface area (Å²) in [5.74, 6) is -3.78. The molecule has 26 heavy (non-hydrogen) atoms. The van der Waals surface area contributed by atoms with Crippen molar-refractivity contribution < 1.29 is 29.3 Å². The summed E-state index contributed by atoms with van der Waals surface area (Å²) in [5.41, 5.74) is -1.52. The number of allylic oxidation sites excluding steroid dienone is 1. The van der Waals surface area contributed by atoms with Crippen LogP contribution in [-0.2, 0) is 19.1 Å². The zero-order valence-electron chi connectivity index (χ0n) is 16.6. The molecule has 148 valence electrons. The minimum atomic E-state index is -1.52. The number of hydrogen-bond donors (Lipinski definition) is 2. The maximum absolute atomic E-state index is 12.6. The number of esters is 1. The van der Waals surface area contributed by atoms with Gasteiger partial charge in [-0.1, -0.05) is 27.7 Å². The molecular weight excluding hydrogens is 336 g/mol. The van der Waals surface area contributed by atoms with Gasteiger partial charge in [0.05, 0.1) is 6.10 Å². The van der Waals surface area contributed by atoms with Gasteiger partial charge < -0.3 is 14.9 Å². The highest BCUT2D eigenvalue weighted by Crippen LogP contribution is 2.26. The van der Waals surface area contributed by atoms with Crippen LogP contribution in [0.25, 0.3) is 0 Å². The minimum absolute atomic E-state index is 0.185. The molecule has 1 rings (SSSR count). The van der Waals surface area contributed by atoms with E-state index in [9.17, 15) is 24.6 Å². The lowest BCUT2D eigenvalue weighted by molar-refractivity contribution is -0.166. The summed E-state index contributed by atoms with van der Waals surface area (Å²) >= 11 is 0. The van der Waals surface area contributed by atoms with Gasteiger partial charge in [-0.25, -0.2) is 0 Å². The van der Waals surface area contributed by atoms with Crippen LogP contribution in [0.4, 0.5) is 0 Å². The van der Waals surface area contributed by atoms with Crippen molar-refractivity contribution in [1.82, 2.24) is 0 Å². The lowest BCUT2D eigenvalue weighted by atomic mass is 9.81. The Labute approximate surface area is 155 Å². The summed E-state index contributed by atoms with van der Waals surface area (Å²) in [6.07, 6.45) is 1.54. The van der Waals surface area contributed by atoms with Crippen molar-refractivity contribution in [2.75, 3.05) is 0 Å². The van der Waals surface area contributed by atoms with E-state index in [-0.39, 0.29) is 17.6 Å². The number of Topliss-reactive ketones (excluding diaryl/α,β-unsaturated/α-hetero) is 1. The fourth-order valence-electron chi connectivity index (χ4n) is 3.37. The quantitative estimate of drug-likeness (QED) is 0.543. The third-order valence-electron chi connectivity index (χ3n) is 5.40. The van der Waals surface area contributed by atoms with Gasteiger partial charge in [0.15, 0.2) is 11.6 Å². The molecule has 0 fully saturated rings. The summed E-state index contributed by atoms with van der Waals surface area (Å²) in [7, 11) is 0. The van der Waals surface area contributed by atoms with E-state index >= 15 is 0 Å². The van der Waals surface area contributed by atoms with Crippen molar-refractivity contribution in [1.29, 1.82) is 0 Å². The first-order chi connectivity index (χ1) is 11.9. The zero-order chi connectivity index (χ0) is 20.2. The smallest absolute Gasteiger partial charge is 0.316 e. The first-order valence-corrected chi connectivity index (χ1v) is 9.30. The molecule has 1 aliphatic heterocycles. The molecule has 0 unspecified atom stereocenters. The number of carbonyl (C=O) groups excluding carboxylic acids is 3. The lowest BCUT2D eigenvalue weighted by Crippen LogP contribution is -2.44. The van der Waals surface area contributed by atoms with Gasteiger partial charge in [0.2, 0.25) is 0 Å². The summed E-state index contributed by atoms with van der Waals surface area (Å²) < 4.78 is 5.36. The predicted octanol–water partition coefficient (Wildman–Crippen LogP) is 2.06. The molecule has 2 N–H and O–H groups in total. The van der Waals surface area contributed by atoms with Gasteiger partial charge >= 0.3 is 5.97 Å². The standard InChI is InChI=1S/C20H32O6/c1-7-16-20(6,25)9-8-15(21)11(2)10-12(3)17(22)13(4)18(23)14(5)19(24)26-16/h8-9,11-14,16-17,22,25H,7,10H2,1-6H3/b9-8-/t11-,12+,13+,14-,16-,17-,20-/m1/s1. The fourth-order valence-corrected chi connectivity index (χ4v) is 3.37. The van der Waals surface area contributed by atoms with Crippen molar-refractivity contribution in [3.05, 3.63) is 12.2 Å². The van der Waals surface area contributed by atoms with Gasteiger partial charge in [-0.3, -0.25) is 14.4 Å². The second-order valence-electron chi connectivity index (χ2n) is 7.81. The Morgan fingerprint density at radius 1 is 1.19 bits per heavy atom. The Hall–Kier alpha value is -1.53. The number of cyclic esters (lactones) is 1. The van der Waals surface area contributed by atoms with E-state index in [2.05, 4.69) is 0 Å². The first-order valence-electron chi connectivity index (χ1n) is 9.30. The largest absolute Gasteiger partial charge is 0.458 e. The van der Waals surface area contributed by atoms with Crippen LogP contribution in [0.15, 0.2) is 12.2 Å². The van der Waals surface area contributed by atoms with Crippen molar-refractivity contribution in [3.8, 4) is 0 Å². The maximum atomic E-state index is 12.6. The molecule has 7 atom stereocenters. The van der Waals surface area contributed by atoms with Crippen LogP contribution in [0.2, 0.25) is 0 Å². The molecule has 0 amide bonds. The highest BCUT2D eigenvalue weighted by atomic mass is 16.6. The molecule has 0 aromatic rings. The molecular formula is C20H32O6. The summed E-state index contributed by atoms with van der Waals surface area (Å²) in [6.45, 7) is 9.78. The number of ketones is 2. The molecule has 0 saturated carbocycles. The average Bonchev–Trinajstić information content (AvgIpc) is 2.60. The van der Waals surface area contributed by atoms with E-state index < -0.39 is 41.4 Å². The van der Waals surface area contributed by atoms with Crippen LogP contribution in [0.3, 0.4) is 0 Å². The number of carbonyl (C=O) groups is 3. The van der Waals surface area contributed by atoms with Gasteiger partial charge in [0.1, 0.15) is 17.6 Å². The second-order valence-corrected chi connectivity index (χ2v) is 7.81. The van der Waals surface area contributed by atoms with Gasteiger partial charge in [-0.05, 0) is 44.8 Å². The second kappa shape index (κ2) is 8.91. The number of ether oxygens (including phenoxy) is 1. The zero-order valence-corrected chi connectivity index (χ0v) is 16.6. The van der Waals surface area contributed by atoms with Gasteiger partial charge in [0, 0.05) is 11.8 Å². The molecule has 0 spiro atoms. The molecule has 0 bridgehead atoms. The third-order valence-corrected chi connectivity index (χ3v) is 5.40. The van der Waals surface area contributed by atoms with E-state index in [4.69, 9.17) is 4.74 Å². The monoisotopic (exact) mass is 368 g/mol. The van der Waals surface area contributed by atoms with Gasteiger partial charge in [-0.15, -0.1) is 0 Å². The van der Waals surface area contributed by atoms with Crippen LogP contribution in [-0.4, -0.2) is 45.6 Å². The number of aliphatic hydroxyl groups excluding tert-OH is 1. The topological polar surface area (TPSA) is 101 Å². The number of hydrogen-bond acceptors (Lipinski definition) is 6. The van der Waals surface area contributed by atoms with Crippen molar-refractivity contribution in [2.24, 2.45) is 23.7 Å². The SMILES string of the molecule is CC[C@H]1OC(=O)[C@H](C)C(=O)[C@@H](C)[C@H](O)[C@@H](C)C[C@@H](C)C(=O)/C=C\[C@@]1(C)O. The molecule has 0 aromatic heterocycles. The lowest BCUT2D eigenvalue weighted by Gasteiger charge is -2.31.